The number of nitrogens with zero attached hydrogens (tertiary/aromatic N) is 2. The van der Waals surface area contributed by atoms with Crippen LogP contribution in [0.15, 0.2) is 65.2 Å². The Labute approximate surface area is 182 Å². The minimum absolute atomic E-state index is 0.109. The molecule has 2 amide bonds. The first-order valence-electron chi connectivity index (χ1n) is 10.6. The summed E-state index contributed by atoms with van der Waals surface area (Å²) in [5, 5.41) is 9.45. The van der Waals surface area contributed by atoms with Crippen LogP contribution < -0.4 is 10.6 Å². The molecule has 0 radical (unpaired) electrons. The van der Waals surface area contributed by atoms with E-state index in [0.29, 0.717) is 18.7 Å². The molecule has 0 fully saturated rings. The van der Waals surface area contributed by atoms with E-state index in [2.05, 4.69) is 27.7 Å². The van der Waals surface area contributed by atoms with Crippen molar-refractivity contribution in [2.75, 3.05) is 0 Å². The molecule has 31 heavy (non-hydrogen) atoms. The van der Waals surface area contributed by atoms with E-state index in [9.17, 15) is 9.59 Å². The second-order valence-corrected chi connectivity index (χ2v) is 7.56. The van der Waals surface area contributed by atoms with Crippen LogP contribution in [-0.2, 0) is 22.4 Å². The topological polar surface area (TPSA) is 97.1 Å². The molecule has 0 spiro atoms. The summed E-state index contributed by atoms with van der Waals surface area (Å²) in [6.07, 6.45) is 2.90. The number of amides is 2. The average Bonchev–Trinajstić information content (AvgIpc) is 3.24. The van der Waals surface area contributed by atoms with Gasteiger partial charge in [0.05, 0.1) is 0 Å². The van der Waals surface area contributed by atoms with Crippen LogP contribution >= 0.6 is 0 Å². The van der Waals surface area contributed by atoms with E-state index >= 15 is 0 Å². The summed E-state index contributed by atoms with van der Waals surface area (Å²) in [4.78, 5) is 29.2. The zero-order valence-corrected chi connectivity index (χ0v) is 17.9. The van der Waals surface area contributed by atoms with Crippen molar-refractivity contribution in [2.45, 2.75) is 51.6 Å². The number of hydrogen-bond acceptors (Lipinski definition) is 5. The van der Waals surface area contributed by atoms with E-state index in [4.69, 9.17) is 4.52 Å². The van der Waals surface area contributed by atoms with Gasteiger partial charge in [0.15, 0.2) is 5.82 Å². The zero-order chi connectivity index (χ0) is 22.1. The van der Waals surface area contributed by atoms with Crippen LogP contribution in [-0.4, -0.2) is 28.0 Å². The minimum atomic E-state index is -0.718. The second-order valence-electron chi connectivity index (χ2n) is 7.56. The molecule has 2 atom stereocenters. The van der Waals surface area contributed by atoms with Gasteiger partial charge in [-0.3, -0.25) is 9.59 Å². The maximum atomic E-state index is 12.4. The van der Waals surface area contributed by atoms with E-state index in [0.717, 1.165) is 24.0 Å². The fourth-order valence-corrected chi connectivity index (χ4v) is 3.34. The summed E-state index contributed by atoms with van der Waals surface area (Å²) < 4.78 is 5.27. The van der Waals surface area contributed by atoms with Crippen molar-refractivity contribution >= 4 is 11.8 Å². The van der Waals surface area contributed by atoms with Gasteiger partial charge in [0, 0.05) is 12.5 Å². The van der Waals surface area contributed by atoms with E-state index in [1.807, 2.05) is 60.7 Å². The first kappa shape index (κ1) is 22.2. The highest BCUT2D eigenvalue weighted by atomic mass is 16.5. The highest BCUT2D eigenvalue weighted by Crippen LogP contribution is 2.12. The molecular formula is C24H28N4O3. The van der Waals surface area contributed by atoms with Gasteiger partial charge in [0.1, 0.15) is 6.04 Å². The van der Waals surface area contributed by atoms with Crippen molar-refractivity contribution in [3.63, 3.8) is 0 Å². The molecule has 0 aliphatic rings. The van der Waals surface area contributed by atoms with Crippen LogP contribution in [0.25, 0.3) is 0 Å². The largest absolute Gasteiger partial charge is 0.345 e. The van der Waals surface area contributed by atoms with Crippen molar-refractivity contribution in [1.82, 2.24) is 20.8 Å². The molecule has 2 aromatic carbocycles. The third-order valence-electron chi connectivity index (χ3n) is 4.91. The molecule has 0 aliphatic heterocycles. The Morgan fingerprint density at radius 2 is 1.55 bits per heavy atom. The number of aromatic nitrogens is 2. The Kier molecular flexibility index (Phi) is 7.92. The van der Waals surface area contributed by atoms with Crippen LogP contribution in [0.4, 0.5) is 0 Å². The number of benzene rings is 2. The van der Waals surface area contributed by atoms with Gasteiger partial charge in [-0.25, -0.2) is 0 Å². The number of rotatable bonds is 9. The van der Waals surface area contributed by atoms with Gasteiger partial charge >= 0.3 is 11.8 Å². The lowest BCUT2D eigenvalue weighted by molar-refractivity contribution is -0.140. The van der Waals surface area contributed by atoms with Gasteiger partial charge in [-0.1, -0.05) is 79.2 Å². The summed E-state index contributed by atoms with van der Waals surface area (Å²) in [7, 11) is 0. The van der Waals surface area contributed by atoms with Crippen molar-refractivity contribution in [3.8, 4) is 0 Å². The highest BCUT2D eigenvalue weighted by molar-refractivity contribution is 6.35. The molecule has 0 bridgehead atoms. The molecule has 0 saturated carbocycles. The Bertz CT molecular complexity index is 973. The van der Waals surface area contributed by atoms with Gasteiger partial charge in [0.2, 0.25) is 5.89 Å². The summed E-state index contributed by atoms with van der Waals surface area (Å²) in [5.74, 6) is -0.589. The summed E-state index contributed by atoms with van der Waals surface area (Å²) in [6, 6.07) is 19.0. The van der Waals surface area contributed by atoms with Gasteiger partial charge in [-0.15, -0.1) is 0 Å². The SMILES string of the molecule is CCCC(Cc1ccccc1)NC(=O)C(=O)NC(C)c1nc(Cc2ccccc2)no1. The quantitative estimate of drug-likeness (QED) is 0.518. The lowest BCUT2D eigenvalue weighted by Gasteiger charge is -2.18. The molecule has 2 unspecified atom stereocenters. The summed E-state index contributed by atoms with van der Waals surface area (Å²) >= 11 is 0. The standard InChI is InChI=1S/C24H28N4O3/c1-3-10-20(15-18-11-6-4-7-12-18)26-23(30)22(29)25-17(2)24-27-21(28-31-24)16-19-13-8-5-9-14-19/h4-9,11-14,17,20H,3,10,15-16H2,1-2H3,(H,25,29)(H,26,30). The molecular weight excluding hydrogens is 392 g/mol. The smallest absolute Gasteiger partial charge is 0.309 e. The van der Waals surface area contributed by atoms with Gasteiger partial charge in [-0.05, 0) is 30.9 Å². The lowest BCUT2D eigenvalue weighted by atomic mass is 10.0. The minimum Gasteiger partial charge on any atom is -0.345 e. The Morgan fingerprint density at radius 3 is 2.19 bits per heavy atom. The number of carbonyl (C=O) groups excluding carboxylic acids is 2. The fraction of sp³-hybridized carbons (Fsp3) is 0.333. The van der Waals surface area contributed by atoms with Gasteiger partial charge in [0.25, 0.3) is 0 Å². The van der Waals surface area contributed by atoms with Crippen LogP contribution in [0.3, 0.4) is 0 Å². The van der Waals surface area contributed by atoms with Crippen LogP contribution in [0.5, 0.6) is 0 Å². The van der Waals surface area contributed by atoms with Crippen molar-refractivity contribution in [3.05, 3.63) is 83.5 Å². The van der Waals surface area contributed by atoms with Gasteiger partial charge in [-0.2, -0.15) is 4.98 Å². The Hall–Kier alpha value is -3.48. The molecule has 2 N–H and O–H groups in total. The third kappa shape index (κ3) is 6.77. The van der Waals surface area contributed by atoms with E-state index in [1.165, 1.54) is 0 Å². The third-order valence-corrected chi connectivity index (χ3v) is 4.91. The Morgan fingerprint density at radius 1 is 0.935 bits per heavy atom. The van der Waals surface area contributed by atoms with Crippen LogP contribution in [0.1, 0.15) is 55.6 Å². The second kappa shape index (κ2) is 11.1. The number of carbonyl (C=O) groups is 2. The average molecular weight is 421 g/mol. The molecule has 0 saturated heterocycles. The summed E-state index contributed by atoms with van der Waals surface area (Å²) in [6.45, 7) is 3.76. The van der Waals surface area contributed by atoms with Crippen molar-refractivity contribution in [2.24, 2.45) is 0 Å². The first-order chi connectivity index (χ1) is 15.0. The maximum absolute atomic E-state index is 12.4. The summed E-state index contributed by atoms with van der Waals surface area (Å²) in [5.41, 5.74) is 2.18. The molecule has 3 rings (SSSR count). The molecule has 7 nitrogen and oxygen atoms in total. The van der Waals surface area contributed by atoms with Crippen molar-refractivity contribution in [1.29, 1.82) is 0 Å². The van der Waals surface area contributed by atoms with E-state index < -0.39 is 17.9 Å². The molecule has 7 heteroatoms. The molecule has 1 heterocycles. The molecule has 3 aromatic rings. The molecule has 162 valence electrons. The predicted molar refractivity (Wildman–Crippen MR) is 117 cm³/mol. The maximum Gasteiger partial charge on any atom is 0.309 e. The molecule has 1 aromatic heterocycles. The highest BCUT2D eigenvalue weighted by Gasteiger charge is 2.23. The lowest BCUT2D eigenvalue weighted by Crippen LogP contribution is -2.46. The van der Waals surface area contributed by atoms with Crippen molar-refractivity contribution < 1.29 is 14.1 Å². The van der Waals surface area contributed by atoms with E-state index in [1.54, 1.807) is 6.92 Å². The number of nitrogens with one attached hydrogen (secondary N) is 2. The van der Waals surface area contributed by atoms with E-state index in [-0.39, 0.29) is 11.9 Å². The van der Waals surface area contributed by atoms with Crippen LogP contribution in [0.2, 0.25) is 0 Å². The fourth-order valence-electron chi connectivity index (χ4n) is 3.34. The first-order valence-corrected chi connectivity index (χ1v) is 10.6. The Balaban J connectivity index is 1.54. The predicted octanol–water partition coefficient (Wildman–Crippen LogP) is 3.37. The number of hydrogen-bond donors (Lipinski definition) is 2. The zero-order valence-electron chi connectivity index (χ0n) is 17.9. The van der Waals surface area contributed by atoms with Gasteiger partial charge < -0.3 is 15.2 Å². The monoisotopic (exact) mass is 420 g/mol. The normalized spacial score (nSPS) is 12.7. The van der Waals surface area contributed by atoms with Crippen LogP contribution in [0, 0.1) is 0 Å². The molecule has 0 aliphatic carbocycles.